The minimum Gasteiger partial charge on any atom is -0.408 e. The first-order valence-electron chi connectivity index (χ1n) is 6.45. The lowest BCUT2D eigenvalue weighted by molar-refractivity contribution is 0.0557. The third kappa shape index (κ3) is 2.25. The largest absolute Gasteiger partial charge is 0.419 e. The minimum atomic E-state index is -0.330. The highest BCUT2D eigenvalue weighted by molar-refractivity contribution is 9.09. The van der Waals surface area contributed by atoms with Gasteiger partial charge in [-0.15, -0.1) is 0 Å². The fourth-order valence-electron chi connectivity index (χ4n) is 2.59. The van der Waals surface area contributed by atoms with E-state index in [1.165, 1.54) is 4.57 Å². The second-order valence-corrected chi connectivity index (χ2v) is 6.10. The number of oxazole rings is 1. The number of rotatable bonds is 2. The number of aromatic nitrogens is 1. The highest BCUT2D eigenvalue weighted by Gasteiger charge is 2.29. The van der Waals surface area contributed by atoms with E-state index >= 15 is 0 Å². The smallest absolute Gasteiger partial charge is 0.408 e. The Kier molecular flexibility index (Phi) is 3.27. The van der Waals surface area contributed by atoms with Crippen LogP contribution in [0, 0.1) is 0 Å². The third-order valence-electron chi connectivity index (χ3n) is 3.73. The fraction of sp³-hybridized carbons (Fsp3) is 0.500. The van der Waals surface area contributed by atoms with Crippen molar-refractivity contribution in [2.45, 2.75) is 36.8 Å². The summed E-state index contributed by atoms with van der Waals surface area (Å²) in [6, 6.07) is 5.85. The van der Waals surface area contributed by atoms with Crippen molar-refractivity contribution in [1.82, 2.24) is 4.57 Å². The van der Waals surface area contributed by atoms with Gasteiger partial charge in [-0.25, -0.2) is 4.79 Å². The molecule has 0 bridgehead atoms. The lowest BCUT2D eigenvalue weighted by atomic mass is 10.0. The summed E-state index contributed by atoms with van der Waals surface area (Å²) in [5.41, 5.74) is 2.52. The van der Waals surface area contributed by atoms with Crippen LogP contribution in [0.2, 0.25) is 0 Å². The maximum atomic E-state index is 11.5. The molecule has 4 nitrogen and oxygen atoms in total. The number of fused-ring (bicyclic) bond motifs is 1. The molecule has 1 saturated heterocycles. The molecule has 102 valence electrons. The van der Waals surface area contributed by atoms with Gasteiger partial charge >= 0.3 is 5.76 Å². The van der Waals surface area contributed by atoms with E-state index in [0.29, 0.717) is 11.7 Å². The summed E-state index contributed by atoms with van der Waals surface area (Å²) < 4.78 is 12.6. The van der Waals surface area contributed by atoms with Gasteiger partial charge in [-0.2, -0.15) is 0 Å². The Balaban J connectivity index is 1.94. The molecule has 0 spiro atoms. The van der Waals surface area contributed by atoms with Crippen molar-refractivity contribution in [1.29, 1.82) is 0 Å². The van der Waals surface area contributed by atoms with Crippen molar-refractivity contribution in [2.75, 3.05) is 0 Å². The number of hydrogen-bond acceptors (Lipinski definition) is 3. The van der Waals surface area contributed by atoms with Gasteiger partial charge in [0.25, 0.3) is 0 Å². The van der Waals surface area contributed by atoms with E-state index in [1.54, 1.807) is 7.05 Å². The third-order valence-corrected chi connectivity index (χ3v) is 4.84. The Morgan fingerprint density at radius 3 is 2.89 bits per heavy atom. The summed E-state index contributed by atoms with van der Waals surface area (Å²) in [6.45, 7) is 2.10. The number of aryl methyl sites for hydroxylation is 1. The monoisotopic (exact) mass is 325 g/mol. The SMILES string of the molecule is CC1CCC(C(Br)c2ccc3c(c2)oc(=O)n3C)O1. The molecule has 1 aromatic carbocycles. The number of hydrogen-bond donors (Lipinski definition) is 0. The maximum Gasteiger partial charge on any atom is 0.419 e. The Labute approximate surface area is 119 Å². The molecule has 2 aromatic rings. The zero-order chi connectivity index (χ0) is 13.6. The van der Waals surface area contributed by atoms with E-state index in [4.69, 9.17) is 9.15 Å². The average Bonchev–Trinajstić information content (AvgIpc) is 2.94. The van der Waals surface area contributed by atoms with Crippen LogP contribution in [0.3, 0.4) is 0 Å². The van der Waals surface area contributed by atoms with E-state index in [-0.39, 0.29) is 16.7 Å². The zero-order valence-electron chi connectivity index (χ0n) is 10.9. The van der Waals surface area contributed by atoms with E-state index in [2.05, 4.69) is 22.9 Å². The Bertz CT molecular complexity index is 660. The molecule has 5 heteroatoms. The number of benzene rings is 1. The van der Waals surface area contributed by atoms with Gasteiger partial charge in [0.15, 0.2) is 5.58 Å². The summed E-state index contributed by atoms with van der Waals surface area (Å²) in [5, 5.41) is 0. The topological polar surface area (TPSA) is 44.4 Å². The summed E-state index contributed by atoms with van der Waals surface area (Å²) in [4.78, 5) is 11.6. The van der Waals surface area contributed by atoms with Gasteiger partial charge < -0.3 is 9.15 Å². The second-order valence-electron chi connectivity index (χ2n) is 5.12. The highest BCUT2D eigenvalue weighted by Crippen LogP contribution is 2.36. The Hall–Kier alpha value is -1.07. The summed E-state index contributed by atoms with van der Waals surface area (Å²) >= 11 is 3.70. The molecule has 19 heavy (non-hydrogen) atoms. The summed E-state index contributed by atoms with van der Waals surface area (Å²) in [7, 11) is 1.71. The predicted octanol–water partition coefficient (Wildman–Crippen LogP) is 3.14. The lowest BCUT2D eigenvalue weighted by Gasteiger charge is -2.18. The second kappa shape index (κ2) is 4.80. The van der Waals surface area contributed by atoms with Gasteiger partial charge in [-0.1, -0.05) is 22.0 Å². The molecule has 0 N–H and O–H groups in total. The molecule has 0 amide bonds. The van der Waals surface area contributed by atoms with Crippen LogP contribution in [0.15, 0.2) is 27.4 Å². The van der Waals surface area contributed by atoms with Crippen molar-refractivity contribution in [3.05, 3.63) is 34.3 Å². The molecule has 2 heterocycles. The van der Waals surface area contributed by atoms with Gasteiger partial charge in [0.2, 0.25) is 0 Å². The van der Waals surface area contributed by atoms with Crippen molar-refractivity contribution < 1.29 is 9.15 Å². The summed E-state index contributed by atoms with van der Waals surface area (Å²) in [6.07, 6.45) is 2.65. The number of ether oxygens (including phenoxy) is 1. The Morgan fingerprint density at radius 1 is 1.42 bits per heavy atom. The zero-order valence-corrected chi connectivity index (χ0v) is 12.5. The van der Waals surface area contributed by atoms with Crippen molar-refractivity contribution in [3.63, 3.8) is 0 Å². The van der Waals surface area contributed by atoms with Crippen molar-refractivity contribution >= 4 is 27.0 Å². The number of halogens is 1. The molecule has 0 radical (unpaired) electrons. The van der Waals surface area contributed by atoms with Gasteiger partial charge in [0, 0.05) is 7.05 Å². The molecule has 3 unspecified atom stereocenters. The van der Waals surface area contributed by atoms with Crippen LogP contribution in [0.5, 0.6) is 0 Å². The molecular formula is C14H16BrNO3. The molecule has 3 atom stereocenters. The molecule has 1 aliphatic heterocycles. The standard InChI is InChI=1S/C14H16BrNO3/c1-8-3-6-11(18-8)13(15)9-4-5-10-12(7-9)19-14(17)16(10)2/h4-5,7-8,11,13H,3,6H2,1-2H3. The van der Waals surface area contributed by atoms with Crippen LogP contribution in [0.25, 0.3) is 11.1 Å². The van der Waals surface area contributed by atoms with Gasteiger partial charge in [-0.3, -0.25) is 4.57 Å². The van der Waals surface area contributed by atoms with Crippen LogP contribution in [0.1, 0.15) is 30.2 Å². The van der Waals surface area contributed by atoms with Gasteiger partial charge in [-0.05, 0) is 37.5 Å². The first-order chi connectivity index (χ1) is 9.06. The highest BCUT2D eigenvalue weighted by atomic mass is 79.9. The number of alkyl halides is 1. The van der Waals surface area contributed by atoms with E-state index in [0.717, 1.165) is 23.9 Å². The van der Waals surface area contributed by atoms with Crippen LogP contribution >= 0.6 is 15.9 Å². The van der Waals surface area contributed by atoms with Crippen LogP contribution in [0.4, 0.5) is 0 Å². The Morgan fingerprint density at radius 2 is 2.21 bits per heavy atom. The predicted molar refractivity (Wildman–Crippen MR) is 76.7 cm³/mol. The molecule has 0 saturated carbocycles. The van der Waals surface area contributed by atoms with Gasteiger partial charge in [0.1, 0.15) is 0 Å². The average molecular weight is 326 g/mol. The van der Waals surface area contributed by atoms with E-state index < -0.39 is 0 Å². The molecule has 1 aromatic heterocycles. The number of nitrogens with zero attached hydrogens (tertiary/aromatic N) is 1. The van der Waals surface area contributed by atoms with Crippen LogP contribution in [-0.4, -0.2) is 16.8 Å². The van der Waals surface area contributed by atoms with E-state index in [1.807, 2.05) is 18.2 Å². The summed E-state index contributed by atoms with van der Waals surface area (Å²) in [5.74, 6) is -0.330. The lowest BCUT2D eigenvalue weighted by Crippen LogP contribution is -2.14. The fourth-order valence-corrected chi connectivity index (χ4v) is 3.26. The van der Waals surface area contributed by atoms with Crippen molar-refractivity contribution in [2.24, 2.45) is 7.05 Å². The first-order valence-corrected chi connectivity index (χ1v) is 7.37. The molecule has 1 aliphatic rings. The minimum absolute atomic E-state index is 0.132. The normalized spacial score (nSPS) is 25.0. The quantitative estimate of drug-likeness (QED) is 0.797. The van der Waals surface area contributed by atoms with E-state index in [9.17, 15) is 4.79 Å². The molecular weight excluding hydrogens is 310 g/mol. The van der Waals surface area contributed by atoms with Crippen LogP contribution < -0.4 is 5.76 Å². The maximum absolute atomic E-state index is 11.5. The molecule has 0 aliphatic carbocycles. The van der Waals surface area contributed by atoms with Crippen molar-refractivity contribution in [3.8, 4) is 0 Å². The molecule has 1 fully saturated rings. The molecule has 3 rings (SSSR count). The first kappa shape index (κ1) is 12.9. The van der Waals surface area contributed by atoms with Gasteiger partial charge in [0.05, 0.1) is 22.6 Å². The van der Waals surface area contributed by atoms with Crippen LogP contribution in [-0.2, 0) is 11.8 Å².